The molecule has 0 saturated heterocycles. The van der Waals surface area contributed by atoms with Crippen LogP contribution in [0, 0.1) is 0 Å². The van der Waals surface area contributed by atoms with Crippen LogP contribution in [0.15, 0.2) is 48.5 Å². The molecule has 0 aliphatic rings. The van der Waals surface area contributed by atoms with Crippen molar-refractivity contribution in [2.24, 2.45) is 5.73 Å². The molecular formula is C15H13ClN6OS. The van der Waals surface area contributed by atoms with E-state index >= 15 is 0 Å². The Kier molecular flexibility index (Phi) is 4.59. The number of hydrogen-bond donors (Lipinski definition) is 2. The number of hydrogen-bond acceptors (Lipinski definition) is 4. The number of nitrogens with zero attached hydrogens (tertiary/aromatic N) is 4. The molecule has 0 aliphatic carbocycles. The third-order valence-corrected chi connectivity index (χ3v) is 3.69. The number of para-hydroxylation sites is 1. The molecule has 7 nitrogen and oxygen atoms in total. The molecule has 0 atom stereocenters. The van der Waals surface area contributed by atoms with Crippen molar-refractivity contribution in [2.45, 2.75) is 6.54 Å². The molecule has 0 radical (unpaired) electrons. The Hall–Kier alpha value is -2.71. The minimum absolute atomic E-state index is 0.00845. The number of fused-ring (bicyclic) bond motifs is 1. The van der Waals surface area contributed by atoms with Crippen molar-refractivity contribution in [3.63, 3.8) is 0 Å². The van der Waals surface area contributed by atoms with Crippen molar-refractivity contribution in [3.05, 3.63) is 53.6 Å². The predicted molar refractivity (Wildman–Crippen MR) is 96.4 cm³/mol. The monoisotopic (exact) mass is 360 g/mol. The number of benzene rings is 2. The zero-order chi connectivity index (χ0) is 17.1. The highest BCUT2D eigenvalue weighted by Gasteiger charge is 2.15. The average Bonchev–Trinajstić information content (AvgIpc) is 2.96. The number of nitrogens with two attached hydrogens (primary N) is 1. The molecule has 24 heavy (non-hydrogen) atoms. The molecule has 0 unspecified atom stereocenters. The summed E-state index contributed by atoms with van der Waals surface area (Å²) < 4.78 is 1.50. The molecule has 0 saturated carbocycles. The maximum absolute atomic E-state index is 12.3. The van der Waals surface area contributed by atoms with Gasteiger partial charge in [-0.3, -0.25) is 10.2 Å². The maximum Gasteiger partial charge on any atom is 0.260 e. The van der Waals surface area contributed by atoms with Crippen molar-refractivity contribution in [3.8, 4) is 0 Å². The van der Waals surface area contributed by atoms with E-state index in [4.69, 9.17) is 29.6 Å². The summed E-state index contributed by atoms with van der Waals surface area (Å²) in [4.78, 5) is 12.3. The molecule has 1 heterocycles. The molecule has 0 aliphatic heterocycles. The van der Waals surface area contributed by atoms with E-state index in [1.807, 2.05) is 24.3 Å². The largest absolute Gasteiger partial charge is 0.374 e. The van der Waals surface area contributed by atoms with Gasteiger partial charge in [-0.15, -0.1) is 5.10 Å². The highest BCUT2D eigenvalue weighted by Crippen LogP contribution is 2.16. The SMILES string of the molecule is NC(=S)N(NC(=O)Cn1nnc2ccccc21)c1ccc(Cl)cc1. The lowest BCUT2D eigenvalue weighted by Gasteiger charge is -2.23. The Bertz CT molecular complexity index is 894. The fourth-order valence-corrected chi connectivity index (χ4v) is 2.44. The maximum atomic E-state index is 12.3. The third kappa shape index (κ3) is 3.44. The summed E-state index contributed by atoms with van der Waals surface area (Å²) in [6.45, 7) is -0.0206. The molecule has 1 aromatic heterocycles. The first-order valence-electron chi connectivity index (χ1n) is 6.97. The number of thiocarbonyl (C=S) groups is 1. The molecule has 3 aromatic rings. The number of halogens is 1. The number of amides is 1. The zero-order valence-corrected chi connectivity index (χ0v) is 14.0. The van der Waals surface area contributed by atoms with Crippen LogP contribution in [0.2, 0.25) is 5.02 Å². The second kappa shape index (κ2) is 6.81. The van der Waals surface area contributed by atoms with Crippen LogP contribution in [-0.4, -0.2) is 26.0 Å². The number of rotatable bonds is 3. The standard InChI is InChI=1S/C15H13ClN6OS/c16-10-5-7-11(8-6-10)22(15(17)24)19-14(23)9-21-13-4-2-1-3-12(13)18-20-21/h1-8H,9H2,(H2,17,24)(H,19,23). The Morgan fingerprint density at radius 1 is 1.25 bits per heavy atom. The molecule has 2 aromatic carbocycles. The molecule has 9 heteroatoms. The van der Waals surface area contributed by atoms with E-state index in [0.717, 1.165) is 5.52 Å². The summed E-state index contributed by atoms with van der Waals surface area (Å²) in [6, 6.07) is 14.1. The minimum atomic E-state index is -0.339. The molecule has 3 rings (SSSR count). The van der Waals surface area contributed by atoms with Gasteiger partial charge in [-0.1, -0.05) is 28.9 Å². The van der Waals surface area contributed by atoms with Gasteiger partial charge in [0.05, 0.1) is 11.2 Å². The van der Waals surface area contributed by atoms with Crippen molar-refractivity contribution in [2.75, 3.05) is 5.01 Å². The van der Waals surface area contributed by atoms with Gasteiger partial charge in [0, 0.05) is 5.02 Å². The van der Waals surface area contributed by atoms with Crippen molar-refractivity contribution < 1.29 is 4.79 Å². The first kappa shape index (κ1) is 16.2. The third-order valence-electron chi connectivity index (χ3n) is 3.26. The number of nitrogens with one attached hydrogen (secondary N) is 1. The smallest absolute Gasteiger partial charge is 0.260 e. The molecule has 0 fully saturated rings. The Morgan fingerprint density at radius 3 is 2.67 bits per heavy atom. The molecule has 122 valence electrons. The van der Waals surface area contributed by atoms with E-state index in [1.54, 1.807) is 24.3 Å². The molecule has 1 amide bonds. The number of anilines is 1. The molecule has 0 spiro atoms. The van der Waals surface area contributed by atoms with Crippen LogP contribution in [0.25, 0.3) is 11.0 Å². The molecular weight excluding hydrogens is 348 g/mol. The fourth-order valence-electron chi connectivity index (χ4n) is 2.17. The summed E-state index contributed by atoms with van der Waals surface area (Å²) in [7, 11) is 0. The highest BCUT2D eigenvalue weighted by molar-refractivity contribution is 7.80. The first-order valence-corrected chi connectivity index (χ1v) is 7.76. The van der Waals surface area contributed by atoms with E-state index in [-0.39, 0.29) is 17.6 Å². The van der Waals surface area contributed by atoms with Crippen LogP contribution >= 0.6 is 23.8 Å². The Morgan fingerprint density at radius 2 is 1.96 bits per heavy atom. The number of carbonyl (C=O) groups excluding carboxylic acids is 1. The van der Waals surface area contributed by atoms with E-state index in [9.17, 15) is 4.79 Å². The lowest BCUT2D eigenvalue weighted by molar-refractivity contribution is -0.121. The highest BCUT2D eigenvalue weighted by atomic mass is 35.5. The summed E-state index contributed by atoms with van der Waals surface area (Å²) in [5, 5.41) is 9.88. The van der Waals surface area contributed by atoms with E-state index in [2.05, 4.69) is 15.7 Å². The quantitative estimate of drug-likeness (QED) is 0.547. The van der Waals surface area contributed by atoms with E-state index < -0.39 is 0 Å². The van der Waals surface area contributed by atoms with Gasteiger partial charge in [-0.2, -0.15) is 0 Å². The topological polar surface area (TPSA) is 89.1 Å². The van der Waals surface area contributed by atoms with Gasteiger partial charge >= 0.3 is 0 Å². The van der Waals surface area contributed by atoms with Gasteiger partial charge in [0.1, 0.15) is 12.1 Å². The van der Waals surface area contributed by atoms with Crippen LogP contribution in [0.3, 0.4) is 0 Å². The lowest BCUT2D eigenvalue weighted by atomic mass is 10.3. The summed E-state index contributed by atoms with van der Waals surface area (Å²) >= 11 is 10.9. The van der Waals surface area contributed by atoms with Crippen LogP contribution in [0.4, 0.5) is 5.69 Å². The number of carbonyl (C=O) groups is 1. The Labute approximate surface area is 148 Å². The van der Waals surface area contributed by atoms with Gasteiger partial charge in [0.25, 0.3) is 5.91 Å². The minimum Gasteiger partial charge on any atom is -0.374 e. The van der Waals surface area contributed by atoms with Gasteiger partial charge in [0.15, 0.2) is 5.11 Å². The van der Waals surface area contributed by atoms with E-state index in [0.29, 0.717) is 16.2 Å². The molecule has 0 bridgehead atoms. The Balaban J connectivity index is 1.76. The van der Waals surface area contributed by atoms with Gasteiger partial charge in [-0.25, -0.2) is 9.69 Å². The van der Waals surface area contributed by atoms with Gasteiger partial charge < -0.3 is 5.73 Å². The van der Waals surface area contributed by atoms with Crippen molar-refractivity contribution >= 4 is 51.6 Å². The fraction of sp³-hybridized carbons (Fsp3) is 0.0667. The lowest BCUT2D eigenvalue weighted by Crippen LogP contribution is -2.50. The van der Waals surface area contributed by atoms with Crippen molar-refractivity contribution in [1.29, 1.82) is 0 Å². The second-order valence-corrected chi connectivity index (χ2v) is 5.78. The van der Waals surface area contributed by atoms with Crippen LogP contribution < -0.4 is 16.2 Å². The summed E-state index contributed by atoms with van der Waals surface area (Å²) in [5.74, 6) is -0.339. The molecule has 3 N–H and O–H groups in total. The van der Waals surface area contributed by atoms with Crippen LogP contribution in [0.5, 0.6) is 0 Å². The van der Waals surface area contributed by atoms with Gasteiger partial charge in [0.2, 0.25) is 0 Å². The average molecular weight is 361 g/mol. The normalized spacial score (nSPS) is 10.5. The number of aromatic nitrogens is 3. The van der Waals surface area contributed by atoms with Crippen molar-refractivity contribution in [1.82, 2.24) is 20.4 Å². The first-order chi connectivity index (χ1) is 11.5. The predicted octanol–water partition coefficient (Wildman–Crippen LogP) is 1.87. The summed E-state index contributed by atoms with van der Waals surface area (Å²) in [5.41, 5.74) is 10.4. The van der Waals surface area contributed by atoms with Gasteiger partial charge in [-0.05, 0) is 48.6 Å². The number of hydrazine groups is 1. The zero-order valence-electron chi connectivity index (χ0n) is 12.4. The van der Waals surface area contributed by atoms with Crippen LogP contribution in [0.1, 0.15) is 0 Å². The van der Waals surface area contributed by atoms with E-state index in [1.165, 1.54) is 9.69 Å². The van der Waals surface area contributed by atoms with Crippen LogP contribution in [-0.2, 0) is 11.3 Å². The second-order valence-electron chi connectivity index (χ2n) is 4.92. The summed E-state index contributed by atoms with van der Waals surface area (Å²) in [6.07, 6.45) is 0.